The van der Waals surface area contributed by atoms with Gasteiger partial charge in [0.2, 0.25) is 0 Å². The highest BCUT2D eigenvalue weighted by Crippen LogP contribution is 2.34. The summed E-state index contributed by atoms with van der Waals surface area (Å²) in [5, 5.41) is 14.0. The number of benzene rings is 1. The molecule has 0 spiro atoms. The van der Waals surface area contributed by atoms with Gasteiger partial charge in [-0.05, 0) is 30.7 Å². The number of hydrogen-bond donors (Lipinski definition) is 1. The molecule has 0 amide bonds. The summed E-state index contributed by atoms with van der Waals surface area (Å²) in [5.41, 5.74) is 1.39. The first-order valence-corrected chi connectivity index (χ1v) is 7.38. The second-order valence-electron chi connectivity index (χ2n) is 5.76. The van der Waals surface area contributed by atoms with Gasteiger partial charge in [0, 0.05) is 50.1 Å². The molecule has 0 unspecified atom stereocenters. The minimum absolute atomic E-state index is 0.293. The van der Waals surface area contributed by atoms with Crippen LogP contribution in [0.15, 0.2) is 30.5 Å². The topological polar surface area (TPSA) is 41.3 Å². The number of hydrogen-bond acceptors (Lipinski definition) is 3. The van der Waals surface area contributed by atoms with E-state index in [1.807, 2.05) is 18.0 Å². The Hall–Kier alpha value is -1.79. The van der Waals surface area contributed by atoms with E-state index in [1.54, 1.807) is 10.9 Å². The number of aryl methyl sites for hydroxylation is 1. The molecule has 2 atom stereocenters. The van der Waals surface area contributed by atoms with E-state index in [4.69, 9.17) is 0 Å². The Morgan fingerprint density at radius 2 is 2.14 bits per heavy atom. The van der Waals surface area contributed by atoms with Crippen molar-refractivity contribution in [3.63, 3.8) is 0 Å². The second-order valence-corrected chi connectivity index (χ2v) is 5.76. The lowest BCUT2D eigenvalue weighted by molar-refractivity contribution is 0.175. The lowest BCUT2D eigenvalue weighted by Crippen LogP contribution is -2.28. The minimum atomic E-state index is -0.515. The van der Waals surface area contributed by atoms with Crippen LogP contribution in [0.5, 0.6) is 0 Å². The van der Waals surface area contributed by atoms with E-state index in [-0.39, 0.29) is 6.04 Å². The van der Waals surface area contributed by atoms with Crippen LogP contribution in [0, 0.1) is 11.6 Å². The molecule has 0 radical (unpaired) electrons. The predicted molar refractivity (Wildman–Crippen MR) is 78.2 cm³/mol. The largest absolute Gasteiger partial charge is 0.392 e. The molecular formula is C16H19F2N3O. The van der Waals surface area contributed by atoms with E-state index >= 15 is 0 Å². The molecule has 3 rings (SSSR count). The molecule has 1 aromatic carbocycles. The van der Waals surface area contributed by atoms with Crippen LogP contribution in [-0.2, 0) is 13.5 Å². The fourth-order valence-corrected chi connectivity index (χ4v) is 3.12. The highest BCUT2D eigenvalue weighted by atomic mass is 19.1. The van der Waals surface area contributed by atoms with Crippen molar-refractivity contribution in [3.05, 3.63) is 53.4 Å². The molecule has 1 saturated heterocycles. The van der Waals surface area contributed by atoms with E-state index in [1.165, 1.54) is 6.07 Å². The van der Waals surface area contributed by atoms with Crippen LogP contribution in [0.3, 0.4) is 0 Å². The fraction of sp³-hybridized carbons (Fsp3) is 0.438. The Kier molecular flexibility index (Phi) is 4.22. The van der Waals surface area contributed by atoms with Gasteiger partial charge in [-0.15, -0.1) is 0 Å². The monoisotopic (exact) mass is 307 g/mol. The summed E-state index contributed by atoms with van der Waals surface area (Å²) >= 11 is 0. The molecule has 0 aliphatic carbocycles. The molecule has 0 saturated carbocycles. The highest BCUT2D eigenvalue weighted by molar-refractivity contribution is 5.24. The van der Waals surface area contributed by atoms with Crippen molar-refractivity contribution >= 4 is 0 Å². The van der Waals surface area contributed by atoms with Gasteiger partial charge in [-0.3, -0.25) is 9.58 Å². The second kappa shape index (κ2) is 6.14. The summed E-state index contributed by atoms with van der Waals surface area (Å²) in [6.45, 7) is 1.13. The maximum atomic E-state index is 14.0. The molecule has 6 heteroatoms. The first-order valence-electron chi connectivity index (χ1n) is 7.38. The first-order chi connectivity index (χ1) is 10.5. The van der Waals surface area contributed by atoms with Crippen LogP contribution >= 0.6 is 0 Å². The van der Waals surface area contributed by atoms with Crippen LogP contribution < -0.4 is 0 Å². The SMILES string of the molecule is Cn1nccc1CCN1C[C@H](O)C[C@H]1c1cc(F)ccc1F. The van der Waals surface area contributed by atoms with Crippen molar-refractivity contribution in [1.29, 1.82) is 0 Å². The van der Waals surface area contributed by atoms with Gasteiger partial charge in [-0.2, -0.15) is 5.10 Å². The van der Waals surface area contributed by atoms with Crippen molar-refractivity contribution in [2.45, 2.75) is 25.0 Å². The Morgan fingerprint density at radius 1 is 1.32 bits per heavy atom. The van der Waals surface area contributed by atoms with E-state index in [0.717, 1.165) is 24.2 Å². The van der Waals surface area contributed by atoms with E-state index in [2.05, 4.69) is 5.10 Å². The van der Waals surface area contributed by atoms with Crippen LogP contribution in [0.4, 0.5) is 8.78 Å². The number of likely N-dealkylation sites (tertiary alicyclic amines) is 1. The minimum Gasteiger partial charge on any atom is -0.392 e. The van der Waals surface area contributed by atoms with Gasteiger partial charge in [0.1, 0.15) is 11.6 Å². The van der Waals surface area contributed by atoms with Crippen LogP contribution in [0.1, 0.15) is 23.7 Å². The normalized spacial score (nSPS) is 22.4. The van der Waals surface area contributed by atoms with Crippen LogP contribution in [-0.4, -0.2) is 39.0 Å². The average Bonchev–Trinajstić information content (AvgIpc) is 3.05. The first kappa shape index (κ1) is 15.1. The molecule has 1 aliphatic heterocycles. The fourth-order valence-electron chi connectivity index (χ4n) is 3.12. The maximum Gasteiger partial charge on any atom is 0.128 e. The number of halogens is 2. The molecule has 22 heavy (non-hydrogen) atoms. The third kappa shape index (κ3) is 3.03. The summed E-state index contributed by atoms with van der Waals surface area (Å²) < 4.78 is 29.2. The van der Waals surface area contributed by atoms with E-state index in [0.29, 0.717) is 25.1 Å². The van der Waals surface area contributed by atoms with Gasteiger partial charge in [0.15, 0.2) is 0 Å². The van der Waals surface area contributed by atoms with Gasteiger partial charge in [-0.1, -0.05) is 0 Å². The molecule has 118 valence electrons. The molecule has 1 aromatic heterocycles. The number of nitrogens with zero attached hydrogens (tertiary/aromatic N) is 3. The van der Waals surface area contributed by atoms with E-state index in [9.17, 15) is 13.9 Å². The Balaban J connectivity index is 1.77. The maximum absolute atomic E-state index is 14.0. The zero-order chi connectivity index (χ0) is 15.7. The summed E-state index contributed by atoms with van der Waals surface area (Å²) in [7, 11) is 1.87. The van der Waals surface area contributed by atoms with Crippen LogP contribution in [0.25, 0.3) is 0 Å². The quantitative estimate of drug-likeness (QED) is 0.940. The molecule has 1 N–H and O–H groups in total. The smallest absolute Gasteiger partial charge is 0.128 e. The molecule has 1 fully saturated rings. The summed E-state index contributed by atoms with van der Waals surface area (Å²) in [5.74, 6) is -0.879. The summed E-state index contributed by atoms with van der Waals surface area (Å²) in [6.07, 6.45) is 2.39. The van der Waals surface area contributed by atoms with Crippen molar-refractivity contribution in [2.24, 2.45) is 7.05 Å². The van der Waals surface area contributed by atoms with E-state index < -0.39 is 17.7 Å². The molecular weight excluding hydrogens is 288 g/mol. The zero-order valence-corrected chi connectivity index (χ0v) is 12.4. The lowest BCUT2D eigenvalue weighted by Gasteiger charge is -2.24. The molecule has 2 aromatic rings. The number of aliphatic hydroxyl groups excluding tert-OH is 1. The van der Waals surface area contributed by atoms with Crippen LogP contribution in [0.2, 0.25) is 0 Å². The van der Waals surface area contributed by atoms with Gasteiger partial charge < -0.3 is 5.11 Å². The molecule has 1 aliphatic rings. The Labute approximate surface area is 128 Å². The van der Waals surface area contributed by atoms with Gasteiger partial charge in [0.05, 0.1) is 6.10 Å². The number of rotatable bonds is 4. The summed E-state index contributed by atoms with van der Waals surface area (Å²) in [6, 6.07) is 5.14. The van der Waals surface area contributed by atoms with Crippen molar-refractivity contribution in [3.8, 4) is 0 Å². The van der Waals surface area contributed by atoms with Gasteiger partial charge in [0.25, 0.3) is 0 Å². The number of aromatic nitrogens is 2. The summed E-state index contributed by atoms with van der Waals surface area (Å²) in [4.78, 5) is 2.01. The third-order valence-corrected chi connectivity index (χ3v) is 4.28. The number of β-amino-alcohol motifs (C(OH)–C–C–N with tert-alkyl or cyclic N) is 1. The molecule has 4 nitrogen and oxygen atoms in total. The Morgan fingerprint density at radius 3 is 2.86 bits per heavy atom. The predicted octanol–water partition coefficient (Wildman–Crippen LogP) is 2.05. The zero-order valence-electron chi connectivity index (χ0n) is 12.4. The van der Waals surface area contributed by atoms with Crippen molar-refractivity contribution < 1.29 is 13.9 Å². The average molecular weight is 307 g/mol. The Bertz CT molecular complexity index is 659. The molecule has 0 bridgehead atoms. The van der Waals surface area contributed by atoms with Gasteiger partial charge in [-0.25, -0.2) is 8.78 Å². The lowest BCUT2D eigenvalue weighted by atomic mass is 10.0. The molecule has 2 heterocycles. The highest BCUT2D eigenvalue weighted by Gasteiger charge is 2.33. The standard InChI is InChI=1S/C16H19F2N3O/c1-20-12(4-6-19-20)5-7-21-10-13(22)9-16(21)14-8-11(17)2-3-15(14)18/h2-4,6,8,13,16,22H,5,7,9-10H2,1H3/t13-,16+/m1/s1. The van der Waals surface area contributed by atoms with Crippen molar-refractivity contribution in [1.82, 2.24) is 14.7 Å². The third-order valence-electron chi connectivity index (χ3n) is 4.28. The van der Waals surface area contributed by atoms with Gasteiger partial charge >= 0.3 is 0 Å². The van der Waals surface area contributed by atoms with Crippen molar-refractivity contribution in [2.75, 3.05) is 13.1 Å². The number of aliphatic hydroxyl groups is 1.